The summed E-state index contributed by atoms with van der Waals surface area (Å²) in [5, 5.41) is 0. The molecule has 1 spiro atoms. The Morgan fingerprint density at radius 1 is 0.265 bits per heavy atom. The third-order valence-electron chi connectivity index (χ3n) is 16.3. The Labute approximate surface area is 399 Å². The number of benzene rings is 10. The molecule has 0 atom stereocenters. The average molecular weight is 868 g/mol. The topological polar surface area (TPSA) is 3.24 Å². The normalized spacial score (nSPS) is 15.1. The molecule has 0 heterocycles. The van der Waals surface area contributed by atoms with Crippen LogP contribution in [0.25, 0.3) is 66.8 Å². The summed E-state index contributed by atoms with van der Waals surface area (Å²) in [6.07, 6.45) is 0. The van der Waals surface area contributed by atoms with E-state index in [1.54, 1.807) is 0 Å². The van der Waals surface area contributed by atoms with Crippen LogP contribution in [0.1, 0.15) is 72.2 Å². The zero-order valence-electron chi connectivity index (χ0n) is 38.8. The Bertz CT molecular complexity index is 3680. The molecule has 0 radical (unpaired) electrons. The van der Waals surface area contributed by atoms with Gasteiger partial charge in [-0.15, -0.1) is 0 Å². The molecule has 0 N–H and O–H groups in total. The standard InChI is InChI=1S/C67H49N/c1-65(2)54-27-15-11-23-48(54)51-38-36-47(40-59(51)65)68(46-34-31-44(32-35-46)42-19-7-5-8-20-42)64-62-53-37-33-45(43-21-9-6-10-22-43)39-58(53)66(3,4)60(62)41-61-63(64)52-26-14-18-30-57(52)67(61)55-28-16-12-24-49(55)50-25-13-17-29-56(50)67/h5-41H,1-4H3. The van der Waals surface area contributed by atoms with Crippen LogP contribution in [0.3, 0.4) is 0 Å². The molecule has 14 rings (SSSR count). The largest absolute Gasteiger partial charge is 0.309 e. The number of hydrogen-bond acceptors (Lipinski definition) is 1. The summed E-state index contributed by atoms with van der Waals surface area (Å²) >= 11 is 0. The van der Waals surface area contributed by atoms with E-state index >= 15 is 0 Å². The van der Waals surface area contributed by atoms with Gasteiger partial charge in [0.05, 0.1) is 11.1 Å². The minimum atomic E-state index is -0.520. The molecule has 0 aromatic heterocycles. The molecule has 0 saturated carbocycles. The van der Waals surface area contributed by atoms with E-state index in [1.807, 2.05) is 0 Å². The Hall–Kier alpha value is -8.00. The maximum absolute atomic E-state index is 2.65. The number of nitrogens with zero attached hydrogens (tertiary/aromatic N) is 1. The van der Waals surface area contributed by atoms with Gasteiger partial charge in [-0.3, -0.25) is 0 Å². The average Bonchev–Trinajstić information content (AvgIpc) is 4.02. The predicted octanol–water partition coefficient (Wildman–Crippen LogP) is 17.4. The van der Waals surface area contributed by atoms with Crippen molar-refractivity contribution in [1.82, 2.24) is 0 Å². The van der Waals surface area contributed by atoms with Crippen molar-refractivity contribution in [3.63, 3.8) is 0 Å². The van der Waals surface area contributed by atoms with Gasteiger partial charge in [0.25, 0.3) is 0 Å². The van der Waals surface area contributed by atoms with Crippen LogP contribution in [-0.2, 0) is 16.2 Å². The van der Waals surface area contributed by atoms with Gasteiger partial charge in [-0.2, -0.15) is 0 Å². The fraction of sp³-hybridized carbons (Fsp3) is 0.104. The van der Waals surface area contributed by atoms with Gasteiger partial charge in [0.1, 0.15) is 0 Å². The molecule has 1 nitrogen and oxygen atoms in total. The number of fused-ring (bicyclic) bond motifs is 16. The van der Waals surface area contributed by atoms with E-state index in [-0.39, 0.29) is 10.8 Å². The zero-order valence-corrected chi connectivity index (χ0v) is 38.8. The van der Waals surface area contributed by atoms with Gasteiger partial charge in [-0.1, -0.05) is 222 Å². The van der Waals surface area contributed by atoms with E-state index < -0.39 is 5.41 Å². The molecule has 0 aliphatic heterocycles. The molecular formula is C67H49N. The smallest absolute Gasteiger partial charge is 0.0726 e. The van der Waals surface area contributed by atoms with Crippen LogP contribution in [0.2, 0.25) is 0 Å². The maximum Gasteiger partial charge on any atom is 0.0726 e. The van der Waals surface area contributed by atoms with E-state index in [1.165, 1.54) is 117 Å². The fourth-order valence-electron chi connectivity index (χ4n) is 13.1. The molecule has 68 heavy (non-hydrogen) atoms. The molecule has 4 aliphatic carbocycles. The van der Waals surface area contributed by atoms with Crippen LogP contribution in [0, 0.1) is 0 Å². The molecule has 0 fully saturated rings. The third kappa shape index (κ3) is 5.11. The van der Waals surface area contributed by atoms with Gasteiger partial charge in [0.15, 0.2) is 0 Å². The van der Waals surface area contributed by atoms with Crippen molar-refractivity contribution in [2.45, 2.75) is 43.9 Å². The van der Waals surface area contributed by atoms with E-state index in [4.69, 9.17) is 0 Å². The quantitative estimate of drug-likeness (QED) is 0.167. The number of rotatable bonds is 5. The molecule has 0 saturated heterocycles. The molecule has 0 bridgehead atoms. The van der Waals surface area contributed by atoms with Crippen LogP contribution in [0.15, 0.2) is 224 Å². The first-order valence-electron chi connectivity index (χ1n) is 24.2. The molecule has 0 unspecified atom stereocenters. The van der Waals surface area contributed by atoms with E-state index in [9.17, 15) is 0 Å². The maximum atomic E-state index is 2.65. The van der Waals surface area contributed by atoms with Gasteiger partial charge in [-0.05, 0) is 130 Å². The highest BCUT2D eigenvalue weighted by atomic mass is 15.2. The lowest BCUT2D eigenvalue weighted by molar-refractivity contribution is 0.657. The van der Waals surface area contributed by atoms with Gasteiger partial charge in [0, 0.05) is 33.3 Å². The summed E-state index contributed by atoms with van der Waals surface area (Å²) in [6, 6.07) is 85.0. The highest BCUT2D eigenvalue weighted by Gasteiger charge is 2.54. The van der Waals surface area contributed by atoms with Crippen molar-refractivity contribution in [3.8, 4) is 66.8 Å². The molecule has 4 aliphatic rings. The molecule has 1 heteroatoms. The second kappa shape index (κ2) is 14.0. The van der Waals surface area contributed by atoms with Crippen molar-refractivity contribution in [3.05, 3.63) is 269 Å². The Balaban J connectivity index is 1.13. The van der Waals surface area contributed by atoms with Gasteiger partial charge >= 0.3 is 0 Å². The summed E-state index contributed by atoms with van der Waals surface area (Å²) in [4.78, 5) is 2.64. The summed E-state index contributed by atoms with van der Waals surface area (Å²) in [5.74, 6) is 0. The Morgan fingerprint density at radius 3 is 1.29 bits per heavy atom. The highest BCUT2D eigenvalue weighted by Crippen LogP contribution is 2.68. The zero-order chi connectivity index (χ0) is 45.5. The van der Waals surface area contributed by atoms with Crippen molar-refractivity contribution in [2.24, 2.45) is 0 Å². The fourth-order valence-corrected chi connectivity index (χ4v) is 13.1. The van der Waals surface area contributed by atoms with Crippen LogP contribution in [0.5, 0.6) is 0 Å². The molecule has 322 valence electrons. The SMILES string of the molecule is CC1(C)c2ccccc2-c2ccc(N(c3ccc(-c4ccccc4)cc3)c3c4c(cc5c3-c3ccccc3C53c5ccccc5-c5ccccc53)C(C)(C)c3cc(-c5ccccc5)ccc3-4)cc21. The summed E-state index contributed by atoms with van der Waals surface area (Å²) < 4.78 is 0. The van der Waals surface area contributed by atoms with E-state index in [2.05, 4.69) is 257 Å². The van der Waals surface area contributed by atoms with Gasteiger partial charge in [-0.25, -0.2) is 0 Å². The van der Waals surface area contributed by atoms with E-state index in [0.717, 1.165) is 11.4 Å². The first-order chi connectivity index (χ1) is 33.3. The molecule has 10 aromatic rings. The summed E-state index contributed by atoms with van der Waals surface area (Å²) in [5.41, 5.74) is 28.8. The van der Waals surface area contributed by atoms with E-state index in [0.29, 0.717) is 0 Å². The predicted molar refractivity (Wildman–Crippen MR) is 283 cm³/mol. The molecule has 0 amide bonds. The second-order valence-corrected chi connectivity index (χ2v) is 20.4. The lowest BCUT2D eigenvalue weighted by Gasteiger charge is -2.35. The van der Waals surface area contributed by atoms with Gasteiger partial charge in [0.2, 0.25) is 0 Å². The third-order valence-corrected chi connectivity index (χ3v) is 16.3. The van der Waals surface area contributed by atoms with Crippen LogP contribution in [-0.4, -0.2) is 0 Å². The van der Waals surface area contributed by atoms with Crippen LogP contribution in [0.4, 0.5) is 17.1 Å². The van der Waals surface area contributed by atoms with Crippen molar-refractivity contribution in [1.29, 1.82) is 0 Å². The number of hydrogen-bond donors (Lipinski definition) is 0. The lowest BCUT2D eigenvalue weighted by Crippen LogP contribution is -2.27. The molecular weight excluding hydrogens is 819 g/mol. The Morgan fingerprint density at radius 2 is 0.662 bits per heavy atom. The first kappa shape index (κ1) is 39.2. The monoisotopic (exact) mass is 867 g/mol. The lowest BCUT2D eigenvalue weighted by atomic mass is 9.69. The number of anilines is 3. The summed E-state index contributed by atoms with van der Waals surface area (Å²) in [6.45, 7) is 9.72. The minimum absolute atomic E-state index is 0.179. The highest BCUT2D eigenvalue weighted by molar-refractivity contribution is 6.09. The first-order valence-corrected chi connectivity index (χ1v) is 24.2. The Kier molecular flexibility index (Phi) is 8.08. The van der Waals surface area contributed by atoms with Crippen LogP contribution >= 0.6 is 0 Å². The minimum Gasteiger partial charge on any atom is -0.309 e. The van der Waals surface area contributed by atoms with Crippen LogP contribution < -0.4 is 4.90 Å². The van der Waals surface area contributed by atoms with Crippen molar-refractivity contribution >= 4 is 17.1 Å². The second-order valence-electron chi connectivity index (χ2n) is 20.4. The summed E-state index contributed by atoms with van der Waals surface area (Å²) in [7, 11) is 0. The van der Waals surface area contributed by atoms with Gasteiger partial charge < -0.3 is 4.90 Å². The van der Waals surface area contributed by atoms with Crippen molar-refractivity contribution < 1.29 is 0 Å². The van der Waals surface area contributed by atoms with Crippen molar-refractivity contribution in [2.75, 3.05) is 4.90 Å². The molecule has 10 aromatic carbocycles.